The van der Waals surface area contributed by atoms with Crippen LogP contribution in [0.2, 0.25) is 0 Å². The summed E-state index contributed by atoms with van der Waals surface area (Å²) in [5.74, 6) is 0.299. The quantitative estimate of drug-likeness (QED) is 0.825. The summed E-state index contributed by atoms with van der Waals surface area (Å²) in [7, 11) is 0. The van der Waals surface area contributed by atoms with Crippen molar-refractivity contribution in [3.8, 4) is 0 Å². The van der Waals surface area contributed by atoms with E-state index >= 15 is 0 Å². The van der Waals surface area contributed by atoms with E-state index in [0.29, 0.717) is 11.7 Å². The lowest BCUT2D eigenvalue weighted by Gasteiger charge is -2.10. The average Bonchev–Trinajstić information content (AvgIpc) is 2.92. The van der Waals surface area contributed by atoms with Crippen molar-refractivity contribution in [2.75, 3.05) is 5.75 Å². The van der Waals surface area contributed by atoms with Crippen molar-refractivity contribution >= 4 is 29.1 Å². The number of carboxylic acid groups (broad SMARTS) is 1. The van der Waals surface area contributed by atoms with Gasteiger partial charge in [0.05, 0.1) is 12.3 Å². The number of thioether (sulfide) groups is 1. The minimum atomic E-state index is -0.844. The SMILES string of the molecule is Cc1cc(Cn2c(SCC(=O)O)nnc2C(C)C)sc1C. The summed E-state index contributed by atoms with van der Waals surface area (Å²) in [6.07, 6.45) is 0. The van der Waals surface area contributed by atoms with Crippen LogP contribution < -0.4 is 0 Å². The van der Waals surface area contributed by atoms with E-state index in [1.807, 2.05) is 4.57 Å². The van der Waals surface area contributed by atoms with E-state index < -0.39 is 5.97 Å². The van der Waals surface area contributed by atoms with Gasteiger partial charge in [-0.3, -0.25) is 4.79 Å². The predicted molar refractivity (Wildman–Crippen MR) is 85.4 cm³/mol. The van der Waals surface area contributed by atoms with Gasteiger partial charge in [0.2, 0.25) is 0 Å². The first-order valence-corrected chi connectivity index (χ1v) is 8.52. The molecule has 0 saturated carbocycles. The molecule has 5 nitrogen and oxygen atoms in total. The molecule has 0 radical (unpaired) electrons. The van der Waals surface area contributed by atoms with Gasteiger partial charge in [0, 0.05) is 15.7 Å². The first-order chi connectivity index (χ1) is 9.88. The zero-order valence-corrected chi connectivity index (χ0v) is 14.2. The highest BCUT2D eigenvalue weighted by molar-refractivity contribution is 7.99. The maximum Gasteiger partial charge on any atom is 0.313 e. The van der Waals surface area contributed by atoms with Crippen molar-refractivity contribution in [1.29, 1.82) is 0 Å². The van der Waals surface area contributed by atoms with Crippen molar-refractivity contribution in [3.63, 3.8) is 0 Å². The second kappa shape index (κ2) is 6.62. The highest BCUT2D eigenvalue weighted by atomic mass is 32.2. The van der Waals surface area contributed by atoms with Gasteiger partial charge in [-0.1, -0.05) is 25.6 Å². The molecule has 2 rings (SSSR count). The fraction of sp³-hybridized carbons (Fsp3) is 0.500. The Morgan fingerprint density at radius 3 is 2.67 bits per heavy atom. The molecule has 0 spiro atoms. The molecule has 21 heavy (non-hydrogen) atoms. The molecule has 0 fully saturated rings. The van der Waals surface area contributed by atoms with Gasteiger partial charge < -0.3 is 9.67 Å². The lowest BCUT2D eigenvalue weighted by molar-refractivity contribution is -0.133. The molecular weight excluding hydrogens is 306 g/mol. The normalized spacial score (nSPS) is 11.3. The molecule has 2 aromatic rings. The number of aromatic nitrogens is 3. The van der Waals surface area contributed by atoms with Crippen LogP contribution in [0.5, 0.6) is 0 Å². The Labute approximate surface area is 132 Å². The number of nitrogens with zero attached hydrogens (tertiary/aromatic N) is 3. The fourth-order valence-corrected chi connectivity index (χ4v) is 3.70. The smallest absolute Gasteiger partial charge is 0.313 e. The molecule has 2 aromatic heterocycles. The zero-order chi connectivity index (χ0) is 15.6. The number of aryl methyl sites for hydroxylation is 2. The Morgan fingerprint density at radius 2 is 2.14 bits per heavy atom. The van der Waals surface area contributed by atoms with E-state index in [1.54, 1.807) is 11.3 Å². The summed E-state index contributed by atoms with van der Waals surface area (Å²) in [6, 6.07) is 2.18. The molecule has 0 aliphatic rings. The summed E-state index contributed by atoms with van der Waals surface area (Å²) in [6.45, 7) is 9.04. The average molecular weight is 325 g/mol. The van der Waals surface area contributed by atoms with Crippen LogP contribution in [0, 0.1) is 13.8 Å². The third-order valence-corrected chi connectivity index (χ3v) is 5.21. The van der Waals surface area contributed by atoms with E-state index in [1.165, 1.54) is 27.1 Å². The number of hydrogen-bond donors (Lipinski definition) is 1. The van der Waals surface area contributed by atoms with E-state index in [0.717, 1.165) is 5.82 Å². The van der Waals surface area contributed by atoms with Crippen molar-refractivity contribution < 1.29 is 9.90 Å². The predicted octanol–water partition coefficient (Wildman–Crippen LogP) is 3.30. The molecule has 114 valence electrons. The Balaban J connectivity index is 2.29. The van der Waals surface area contributed by atoms with Gasteiger partial charge in [0.1, 0.15) is 5.82 Å². The van der Waals surface area contributed by atoms with Gasteiger partial charge in [-0.05, 0) is 25.5 Å². The Kier molecular flexibility index (Phi) is 5.05. The number of thiophene rings is 1. The molecule has 0 unspecified atom stereocenters. The van der Waals surface area contributed by atoms with Gasteiger partial charge in [0.25, 0.3) is 0 Å². The first-order valence-electron chi connectivity index (χ1n) is 6.72. The maximum absolute atomic E-state index is 10.8. The standard InChI is InChI=1S/C14H19N3O2S2/c1-8(2)13-15-16-14(20-7-12(18)19)17(13)6-11-5-9(3)10(4)21-11/h5,8H,6-7H2,1-4H3,(H,18,19). The summed E-state index contributed by atoms with van der Waals surface area (Å²) in [5, 5.41) is 17.9. The first kappa shape index (κ1) is 16.0. The van der Waals surface area contributed by atoms with Crippen molar-refractivity contribution in [1.82, 2.24) is 14.8 Å². The van der Waals surface area contributed by atoms with Crippen molar-refractivity contribution in [2.45, 2.75) is 45.3 Å². The molecule has 0 saturated heterocycles. The summed E-state index contributed by atoms with van der Waals surface area (Å²) >= 11 is 2.98. The van der Waals surface area contributed by atoms with Crippen LogP contribution in [0.3, 0.4) is 0 Å². The Bertz CT molecular complexity index is 627. The number of carboxylic acids is 1. The van der Waals surface area contributed by atoms with Crippen LogP contribution in [-0.4, -0.2) is 31.6 Å². The van der Waals surface area contributed by atoms with Gasteiger partial charge in [-0.2, -0.15) is 0 Å². The molecule has 0 amide bonds. The van der Waals surface area contributed by atoms with Crippen LogP contribution in [0.1, 0.15) is 40.9 Å². The topological polar surface area (TPSA) is 68.0 Å². The lowest BCUT2D eigenvalue weighted by atomic mass is 10.2. The number of hydrogen-bond acceptors (Lipinski definition) is 5. The summed E-state index contributed by atoms with van der Waals surface area (Å²) in [4.78, 5) is 13.3. The minimum absolute atomic E-state index is 0.00127. The zero-order valence-electron chi connectivity index (χ0n) is 12.6. The van der Waals surface area contributed by atoms with Gasteiger partial charge in [0.15, 0.2) is 5.16 Å². The van der Waals surface area contributed by atoms with Crippen molar-refractivity contribution in [2.24, 2.45) is 0 Å². The lowest BCUT2D eigenvalue weighted by Crippen LogP contribution is -2.08. The summed E-state index contributed by atoms with van der Waals surface area (Å²) < 4.78 is 2.03. The second-order valence-electron chi connectivity index (χ2n) is 5.22. The number of aliphatic carboxylic acids is 1. The second-order valence-corrected chi connectivity index (χ2v) is 7.50. The van der Waals surface area contributed by atoms with Crippen LogP contribution in [-0.2, 0) is 11.3 Å². The van der Waals surface area contributed by atoms with Crippen LogP contribution in [0.25, 0.3) is 0 Å². The highest BCUT2D eigenvalue weighted by Crippen LogP contribution is 2.26. The van der Waals surface area contributed by atoms with Gasteiger partial charge in [-0.25, -0.2) is 0 Å². The van der Waals surface area contributed by atoms with Gasteiger partial charge >= 0.3 is 5.97 Å². The Hall–Kier alpha value is -1.34. The molecule has 2 heterocycles. The monoisotopic (exact) mass is 325 g/mol. The number of carbonyl (C=O) groups is 1. The molecule has 7 heteroatoms. The minimum Gasteiger partial charge on any atom is -0.481 e. The molecule has 0 aromatic carbocycles. The van der Waals surface area contributed by atoms with Crippen LogP contribution in [0.15, 0.2) is 11.2 Å². The van der Waals surface area contributed by atoms with Crippen LogP contribution >= 0.6 is 23.1 Å². The fourth-order valence-electron chi connectivity index (χ4n) is 1.99. The van der Waals surface area contributed by atoms with E-state index in [-0.39, 0.29) is 11.7 Å². The van der Waals surface area contributed by atoms with Crippen LogP contribution in [0.4, 0.5) is 0 Å². The molecule has 0 bridgehead atoms. The third-order valence-electron chi connectivity index (χ3n) is 3.12. The molecule has 0 aliphatic heterocycles. The number of rotatable bonds is 6. The van der Waals surface area contributed by atoms with Gasteiger partial charge in [-0.15, -0.1) is 21.5 Å². The van der Waals surface area contributed by atoms with E-state index in [4.69, 9.17) is 5.11 Å². The van der Waals surface area contributed by atoms with E-state index in [9.17, 15) is 4.79 Å². The Morgan fingerprint density at radius 1 is 1.43 bits per heavy atom. The summed E-state index contributed by atoms with van der Waals surface area (Å²) in [5.41, 5.74) is 1.29. The highest BCUT2D eigenvalue weighted by Gasteiger charge is 2.17. The largest absolute Gasteiger partial charge is 0.481 e. The third kappa shape index (κ3) is 3.85. The maximum atomic E-state index is 10.8. The molecular formula is C14H19N3O2S2. The van der Waals surface area contributed by atoms with E-state index in [2.05, 4.69) is 44.0 Å². The van der Waals surface area contributed by atoms with Crippen molar-refractivity contribution in [3.05, 3.63) is 27.2 Å². The molecule has 0 aliphatic carbocycles. The molecule has 1 N–H and O–H groups in total. The molecule has 0 atom stereocenters.